The molecule has 138 valence electrons. The minimum atomic E-state index is -0.0995. The lowest BCUT2D eigenvalue weighted by Crippen LogP contribution is -2.52. The van der Waals surface area contributed by atoms with Gasteiger partial charge in [-0.25, -0.2) is 9.97 Å². The Bertz CT molecular complexity index is 739. The standard InChI is InChI=1S/C19H24N4O3/c1-3-26-17-5-4-14(10-13(17)2)19(24)23-15-7-9-25-11-16(15)22-18-6-8-20-12-21-18/h4-6,8,10,12,15-16H,3,7,9,11H2,1-2H3,(H,23,24)(H,20,21,22)/t15-,16+/m0/s1. The van der Waals surface area contributed by atoms with Crippen LogP contribution in [0.4, 0.5) is 5.82 Å². The van der Waals surface area contributed by atoms with E-state index in [1.165, 1.54) is 6.33 Å². The van der Waals surface area contributed by atoms with Gasteiger partial charge >= 0.3 is 0 Å². The van der Waals surface area contributed by atoms with Crippen molar-refractivity contribution in [3.63, 3.8) is 0 Å². The zero-order valence-electron chi connectivity index (χ0n) is 15.1. The molecule has 1 amide bonds. The Morgan fingerprint density at radius 3 is 2.96 bits per heavy atom. The molecule has 2 N–H and O–H groups in total. The fourth-order valence-electron chi connectivity index (χ4n) is 2.98. The van der Waals surface area contributed by atoms with Gasteiger partial charge in [0.25, 0.3) is 5.91 Å². The Morgan fingerprint density at radius 1 is 1.35 bits per heavy atom. The summed E-state index contributed by atoms with van der Waals surface area (Å²) in [5, 5.41) is 6.43. The Hall–Kier alpha value is -2.67. The summed E-state index contributed by atoms with van der Waals surface area (Å²) in [4.78, 5) is 20.8. The second-order valence-corrected chi connectivity index (χ2v) is 6.20. The number of aryl methyl sites for hydroxylation is 1. The molecule has 2 heterocycles. The number of nitrogens with one attached hydrogen (secondary N) is 2. The number of amides is 1. The van der Waals surface area contributed by atoms with Gasteiger partial charge in [-0.2, -0.15) is 0 Å². The van der Waals surface area contributed by atoms with Gasteiger partial charge in [-0.15, -0.1) is 0 Å². The molecule has 0 aliphatic carbocycles. The summed E-state index contributed by atoms with van der Waals surface area (Å²) in [6, 6.07) is 7.19. The Morgan fingerprint density at radius 2 is 2.23 bits per heavy atom. The van der Waals surface area contributed by atoms with E-state index in [9.17, 15) is 4.79 Å². The van der Waals surface area contributed by atoms with Gasteiger partial charge in [0.2, 0.25) is 0 Å². The van der Waals surface area contributed by atoms with Crippen molar-refractivity contribution < 1.29 is 14.3 Å². The maximum atomic E-state index is 12.7. The molecule has 26 heavy (non-hydrogen) atoms. The van der Waals surface area contributed by atoms with Gasteiger partial charge in [-0.05, 0) is 50.1 Å². The van der Waals surface area contributed by atoms with Crippen molar-refractivity contribution in [1.82, 2.24) is 15.3 Å². The van der Waals surface area contributed by atoms with Gasteiger partial charge in [0, 0.05) is 18.4 Å². The molecule has 1 aliphatic rings. The minimum absolute atomic E-state index is 0.0434. The van der Waals surface area contributed by atoms with Gasteiger partial charge in [0.05, 0.1) is 25.3 Å². The minimum Gasteiger partial charge on any atom is -0.494 e. The monoisotopic (exact) mass is 356 g/mol. The molecule has 7 nitrogen and oxygen atoms in total. The van der Waals surface area contributed by atoms with Crippen LogP contribution in [0.5, 0.6) is 5.75 Å². The summed E-state index contributed by atoms with van der Waals surface area (Å²) in [6.07, 6.45) is 3.90. The van der Waals surface area contributed by atoms with Crippen LogP contribution in [0, 0.1) is 6.92 Å². The van der Waals surface area contributed by atoms with Crippen LogP contribution in [0.3, 0.4) is 0 Å². The fourth-order valence-corrected chi connectivity index (χ4v) is 2.98. The van der Waals surface area contributed by atoms with E-state index in [1.54, 1.807) is 18.3 Å². The molecule has 7 heteroatoms. The van der Waals surface area contributed by atoms with E-state index in [1.807, 2.05) is 26.0 Å². The summed E-state index contributed by atoms with van der Waals surface area (Å²) < 4.78 is 11.1. The van der Waals surface area contributed by atoms with Gasteiger partial charge in [0.1, 0.15) is 17.9 Å². The number of ether oxygens (including phenoxy) is 2. The molecule has 2 aromatic rings. The van der Waals surface area contributed by atoms with Crippen molar-refractivity contribution in [1.29, 1.82) is 0 Å². The zero-order valence-corrected chi connectivity index (χ0v) is 15.1. The van der Waals surface area contributed by atoms with Crippen LogP contribution in [0.2, 0.25) is 0 Å². The molecule has 1 aromatic carbocycles. The largest absolute Gasteiger partial charge is 0.494 e. The third-order valence-electron chi connectivity index (χ3n) is 4.32. The molecule has 0 saturated carbocycles. The second-order valence-electron chi connectivity index (χ2n) is 6.20. The highest BCUT2D eigenvalue weighted by Crippen LogP contribution is 2.20. The molecule has 1 aliphatic heterocycles. The third kappa shape index (κ3) is 4.49. The lowest BCUT2D eigenvalue weighted by Gasteiger charge is -2.33. The van der Waals surface area contributed by atoms with Gasteiger partial charge in [0.15, 0.2) is 0 Å². The molecule has 1 saturated heterocycles. The Kier molecular flexibility index (Phi) is 6.01. The maximum absolute atomic E-state index is 12.7. The first-order valence-corrected chi connectivity index (χ1v) is 8.82. The second kappa shape index (κ2) is 8.62. The first-order valence-electron chi connectivity index (χ1n) is 8.82. The lowest BCUT2D eigenvalue weighted by atomic mass is 10.0. The molecule has 0 bridgehead atoms. The summed E-state index contributed by atoms with van der Waals surface area (Å²) >= 11 is 0. The molecule has 0 unspecified atom stereocenters. The van der Waals surface area contributed by atoms with Crippen LogP contribution < -0.4 is 15.4 Å². The topological polar surface area (TPSA) is 85.4 Å². The first kappa shape index (κ1) is 18.1. The van der Waals surface area contributed by atoms with Crippen molar-refractivity contribution in [2.75, 3.05) is 25.1 Å². The van der Waals surface area contributed by atoms with Gasteiger partial charge < -0.3 is 20.1 Å². The van der Waals surface area contributed by atoms with Crippen molar-refractivity contribution in [2.24, 2.45) is 0 Å². The molecule has 0 radical (unpaired) electrons. The van der Waals surface area contributed by atoms with Crippen LogP contribution in [-0.2, 0) is 4.74 Å². The SMILES string of the molecule is CCOc1ccc(C(=O)N[C@H]2CCOC[C@H]2Nc2ccncn2)cc1C. The average Bonchev–Trinajstić information content (AvgIpc) is 2.66. The van der Waals surface area contributed by atoms with Crippen molar-refractivity contribution >= 4 is 11.7 Å². The lowest BCUT2D eigenvalue weighted by molar-refractivity contribution is 0.0620. The van der Waals surface area contributed by atoms with Gasteiger partial charge in [-0.3, -0.25) is 4.79 Å². The Balaban J connectivity index is 1.67. The number of aromatic nitrogens is 2. The van der Waals surface area contributed by atoms with E-state index in [4.69, 9.17) is 9.47 Å². The summed E-state index contributed by atoms with van der Waals surface area (Å²) in [5.41, 5.74) is 1.57. The van der Waals surface area contributed by atoms with Crippen LogP contribution in [0.1, 0.15) is 29.3 Å². The van der Waals surface area contributed by atoms with Gasteiger partial charge in [-0.1, -0.05) is 0 Å². The molecule has 3 rings (SSSR count). The van der Waals surface area contributed by atoms with Crippen LogP contribution in [0.15, 0.2) is 36.8 Å². The molecule has 1 aromatic heterocycles. The predicted molar refractivity (Wildman–Crippen MR) is 98.5 cm³/mol. The van der Waals surface area contributed by atoms with Crippen molar-refractivity contribution in [2.45, 2.75) is 32.4 Å². The quantitative estimate of drug-likeness (QED) is 0.825. The van der Waals surface area contributed by atoms with Crippen molar-refractivity contribution in [3.8, 4) is 5.75 Å². The molecular formula is C19H24N4O3. The highest BCUT2D eigenvalue weighted by Gasteiger charge is 2.28. The van der Waals surface area contributed by atoms with Crippen molar-refractivity contribution in [3.05, 3.63) is 47.9 Å². The van der Waals surface area contributed by atoms with Crippen LogP contribution in [0.25, 0.3) is 0 Å². The number of hydrogen-bond acceptors (Lipinski definition) is 6. The zero-order chi connectivity index (χ0) is 18.4. The number of carbonyl (C=O) groups excluding carboxylic acids is 1. The molecule has 0 spiro atoms. The number of carbonyl (C=O) groups is 1. The highest BCUT2D eigenvalue weighted by molar-refractivity contribution is 5.94. The fraction of sp³-hybridized carbons (Fsp3) is 0.421. The number of anilines is 1. The predicted octanol–water partition coefficient (Wildman–Crippen LogP) is 2.18. The highest BCUT2D eigenvalue weighted by atomic mass is 16.5. The summed E-state index contributed by atoms with van der Waals surface area (Å²) in [6.45, 7) is 5.61. The number of hydrogen-bond donors (Lipinski definition) is 2. The number of rotatable bonds is 6. The third-order valence-corrected chi connectivity index (χ3v) is 4.32. The van der Waals surface area contributed by atoms with E-state index in [0.29, 0.717) is 31.2 Å². The molecular weight excluding hydrogens is 332 g/mol. The molecule has 1 fully saturated rings. The summed E-state index contributed by atoms with van der Waals surface area (Å²) in [5.74, 6) is 1.42. The maximum Gasteiger partial charge on any atom is 0.251 e. The van der Waals surface area contributed by atoms with Crippen LogP contribution in [-0.4, -0.2) is 47.8 Å². The number of benzene rings is 1. The first-order chi connectivity index (χ1) is 12.7. The smallest absolute Gasteiger partial charge is 0.251 e. The van der Waals surface area contributed by atoms with E-state index >= 15 is 0 Å². The average molecular weight is 356 g/mol. The normalized spacial score (nSPS) is 19.6. The van der Waals surface area contributed by atoms with E-state index in [0.717, 1.165) is 17.7 Å². The number of nitrogens with zero attached hydrogens (tertiary/aromatic N) is 2. The Labute approximate surface area is 153 Å². The summed E-state index contributed by atoms with van der Waals surface area (Å²) in [7, 11) is 0. The van der Waals surface area contributed by atoms with E-state index in [-0.39, 0.29) is 18.0 Å². The van der Waals surface area contributed by atoms with Crippen LogP contribution >= 0.6 is 0 Å². The molecule has 2 atom stereocenters. The van der Waals surface area contributed by atoms with E-state index < -0.39 is 0 Å². The van der Waals surface area contributed by atoms with E-state index in [2.05, 4.69) is 20.6 Å².